The van der Waals surface area contributed by atoms with Crippen LogP contribution in [-0.4, -0.2) is 22.4 Å². The van der Waals surface area contributed by atoms with Crippen LogP contribution in [0.2, 0.25) is 0 Å². The summed E-state index contributed by atoms with van der Waals surface area (Å²) in [6.07, 6.45) is 3.16. The monoisotopic (exact) mass is 360 g/mol. The summed E-state index contributed by atoms with van der Waals surface area (Å²) in [4.78, 5) is 23.5. The number of carbonyl (C=O) groups is 1. The number of nitrogens with zero attached hydrogens (tertiary/aromatic N) is 3. The molecule has 0 atom stereocenters. The maximum absolute atomic E-state index is 13.2. The highest BCUT2D eigenvalue weighted by molar-refractivity contribution is 6.05. The summed E-state index contributed by atoms with van der Waals surface area (Å²) in [6.45, 7) is 5.51. The molecular weight excluding hydrogens is 336 g/mol. The van der Waals surface area contributed by atoms with Crippen LogP contribution in [0, 0.1) is 5.92 Å². The summed E-state index contributed by atoms with van der Waals surface area (Å²) in [7, 11) is 0. The van der Waals surface area contributed by atoms with Gasteiger partial charge >= 0.3 is 0 Å². The molecule has 3 rings (SSSR count). The Hall–Kier alpha value is -3.21. The first kappa shape index (κ1) is 18.6. The predicted molar refractivity (Wildman–Crippen MR) is 109 cm³/mol. The lowest BCUT2D eigenvalue weighted by Crippen LogP contribution is -2.30. The highest BCUT2D eigenvalue weighted by Crippen LogP contribution is 2.20. The molecule has 0 fully saturated rings. The third-order valence-electron chi connectivity index (χ3n) is 4.06. The number of nitrogens with one attached hydrogen (secondary N) is 1. The van der Waals surface area contributed by atoms with Gasteiger partial charge in [-0.2, -0.15) is 0 Å². The van der Waals surface area contributed by atoms with Crippen molar-refractivity contribution in [2.75, 3.05) is 16.8 Å². The first-order chi connectivity index (χ1) is 13.1. The van der Waals surface area contributed by atoms with E-state index >= 15 is 0 Å². The Morgan fingerprint density at radius 2 is 1.56 bits per heavy atom. The average Bonchev–Trinajstić information content (AvgIpc) is 2.72. The van der Waals surface area contributed by atoms with Gasteiger partial charge in [0.2, 0.25) is 5.95 Å². The lowest BCUT2D eigenvalue weighted by atomic mass is 10.1. The van der Waals surface area contributed by atoms with Crippen molar-refractivity contribution < 1.29 is 4.79 Å². The Morgan fingerprint density at radius 3 is 2.15 bits per heavy atom. The average molecular weight is 360 g/mol. The quantitative estimate of drug-likeness (QED) is 0.679. The third-order valence-corrected chi connectivity index (χ3v) is 4.06. The zero-order valence-corrected chi connectivity index (χ0v) is 15.7. The van der Waals surface area contributed by atoms with Gasteiger partial charge in [0.25, 0.3) is 5.91 Å². The minimum atomic E-state index is -0.125. The molecule has 0 radical (unpaired) electrons. The van der Waals surface area contributed by atoms with Crippen molar-refractivity contribution in [3.63, 3.8) is 0 Å². The van der Waals surface area contributed by atoms with Crippen molar-refractivity contribution in [1.82, 2.24) is 9.97 Å². The lowest BCUT2D eigenvalue weighted by molar-refractivity contribution is 0.0984. The summed E-state index contributed by atoms with van der Waals surface area (Å²) in [5, 5.41) is 3.16. The van der Waals surface area contributed by atoms with Crippen molar-refractivity contribution in [3.8, 4) is 0 Å². The van der Waals surface area contributed by atoms with Gasteiger partial charge in [0.1, 0.15) is 0 Å². The fourth-order valence-electron chi connectivity index (χ4n) is 2.64. The van der Waals surface area contributed by atoms with Crippen LogP contribution in [0.25, 0.3) is 0 Å². The van der Waals surface area contributed by atoms with Gasteiger partial charge in [0.15, 0.2) is 0 Å². The van der Waals surface area contributed by atoms with Gasteiger partial charge in [-0.25, -0.2) is 9.97 Å². The van der Waals surface area contributed by atoms with E-state index in [1.54, 1.807) is 17.3 Å². The number of hydrogen-bond donors (Lipinski definition) is 1. The Bertz CT molecular complexity index is 849. The molecule has 2 aromatic carbocycles. The molecule has 0 aliphatic rings. The molecule has 5 heteroatoms. The number of aromatic nitrogens is 2. The maximum atomic E-state index is 13.2. The molecule has 1 aromatic heterocycles. The molecule has 0 saturated carbocycles. The molecule has 0 bridgehead atoms. The van der Waals surface area contributed by atoms with Crippen LogP contribution in [-0.2, 0) is 6.54 Å². The summed E-state index contributed by atoms with van der Waals surface area (Å²) in [6, 6.07) is 19.6. The van der Waals surface area contributed by atoms with Crippen molar-refractivity contribution in [1.29, 1.82) is 0 Å². The molecule has 1 N–H and O–H groups in total. The zero-order chi connectivity index (χ0) is 19.1. The highest BCUT2D eigenvalue weighted by Gasteiger charge is 2.19. The Kier molecular flexibility index (Phi) is 6.15. The number of para-hydroxylation sites is 1. The Morgan fingerprint density at radius 1 is 0.963 bits per heavy atom. The second kappa shape index (κ2) is 8.94. The largest absolute Gasteiger partial charge is 0.354 e. The summed E-state index contributed by atoms with van der Waals surface area (Å²) in [5.74, 6) is 0.907. The first-order valence-corrected chi connectivity index (χ1v) is 9.10. The molecule has 1 amide bonds. The highest BCUT2D eigenvalue weighted by atomic mass is 16.2. The second-order valence-corrected chi connectivity index (χ2v) is 6.78. The fraction of sp³-hybridized carbons (Fsp3) is 0.227. The van der Waals surface area contributed by atoms with E-state index in [1.807, 2.05) is 60.7 Å². The molecule has 0 aliphatic heterocycles. The third kappa shape index (κ3) is 5.14. The van der Waals surface area contributed by atoms with Crippen molar-refractivity contribution >= 4 is 17.5 Å². The van der Waals surface area contributed by atoms with E-state index < -0.39 is 0 Å². The number of carbonyl (C=O) groups excluding carboxylic acids is 1. The van der Waals surface area contributed by atoms with Gasteiger partial charge < -0.3 is 10.2 Å². The van der Waals surface area contributed by atoms with Gasteiger partial charge in [-0.1, -0.05) is 62.4 Å². The number of amides is 1. The molecular formula is C22H24N4O. The molecule has 0 aliphatic carbocycles. The molecule has 0 saturated heterocycles. The molecule has 1 heterocycles. The second-order valence-electron chi connectivity index (χ2n) is 6.78. The molecule has 27 heavy (non-hydrogen) atoms. The van der Waals surface area contributed by atoms with Crippen molar-refractivity contribution in [2.45, 2.75) is 20.4 Å². The lowest BCUT2D eigenvalue weighted by Gasteiger charge is -2.23. The van der Waals surface area contributed by atoms with Gasteiger partial charge in [-0.15, -0.1) is 0 Å². The number of rotatable bonds is 7. The van der Waals surface area contributed by atoms with Gasteiger partial charge in [-0.05, 0) is 23.6 Å². The number of anilines is 2. The van der Waals surface area contributed by atoms with Crippen LogP contribution in [0.1, 0.15) is 29.8 Å². The number of hydrogen-bond acceptors (Lipinski definition) is 4. The van der Waals surface area contributed by atoms with Gasteiger partial charge in [-0.3, -0.25) is 4.79 Å². The SMILES string of the molecule is CC(C)CNc1ncc(C(=O)N(Cc2ccccc2)c2ccccc2)cn1. The standard InChI is InChI=1S/C22H24N4O/c1-17(2)13-23-22-24-14-19(15-25-22)21(27)26(20-11-7-4-8-12-20)16-18-9-5-3-6-10-18/h3-12,14-15,17H,13,16H2,1-2H3,(H,23,24,25). The predicted octanol–water partition coefficient (Wildman–Crippen LogP) is 4.39. The van der Waals surface area contributed by atoms with E-state index in [4.69, 9.17) is 0 Å². The van der Waals surface area contributed by atoms with Gasteiger partial charge in [0, 0.05) is 24.6 Å². The fourth-order valence-corrected chi connectivity index (χ4v) is 2.64. The Balaban J connectivity index is 1.82. The van der Waals surface area contributed by atoms with Crippen LogP contribution in [0.3, 0.4) is 0 Å². The van der Waals surface area contributed by atoms with E-state index in [-0.39, 0.29) is 5.91 Å². The molecule has 138 valence electrons. The van der Waals surface area contributed by atoms with Crippen LogP contribution >= 0.6 is 0 Å². The smallest absolute Gasteiger partial charge is 0.261 e. The summed E-state index contributed by atoms with van der Waals surface area (Å²) >= 11 is 0. The van der Waals surface area contributed by atoms with Crippen molar-refractivity contribution in [3.05, 3.63) is 84.2 Å². The number of benzene rings is 2. The Labute approximate surface area is 160 Å². The molecule has 0 spiro atoms. The van der Waals surface area contributed by atoms with Crippen LogP contribution in [0.15, 0.2) is 73.1 Å². The summed E-state index contributed by atoms with van der Waals surface area (Å²) < 4.78 is 0. The van der Waals surface area contributed by atoms with E-state index in [2.05, 4.69) is 29.1 Å². The van der Waals surface area contributed by atoms with Crippen LogP contribution in [0.5, 0.6) is 0 Å². The molecule has 5 nitrogen and oxygen atoms in total. The van der Waals surface area contributed by atoms with Crippen molar-refractivity contribution in [2.24, 2.45) is 5.92 Å². The van der Waals surface area contributed by atoms with Gasteiger partial charge in [0.05, 0.1) is 12.1 Å². The van der Waals surface area contributed by atoms with E-state index in [0.717, 1.165) is 17.8 Å². The van der Waals surface area contributed by atoms with E-state index in [0.29, 0.717) is 24.0 Å². The molecule has 0 unspecified atom stereocenters. The summed E-state index contributed by atoms with van der Waals surface area (Å²) in [5.41, 5.74) is 2.36. The topological polar surface area (TPSA) is 58.1 Å². The van der Waals surface area contributed by atoms with Crippen LogP contribution in [0.4, 0.5) is 11.6 Å². The minimum Gasteiger partial charge on any atom is -0.354 e. The van der Waals surface area contributed by atoms with E-state index in [1.165, 1.54) is 0 Å². The first-order valence-electron chi connectivity index (χ1n) is 9.10. The zero-order valence-electron chi connectivity index (χ0n) is 15.7. The van der Waals surface area contributed by atoms with Crippen LogP contribution < -0.4 is 10.2 Å². The maximum Gasteiger partial charge on any atom is 0.261 e. The molecule has 3 aromatic rings. The minimum absolute atomic E-state index is 0.125. The normalized spacial score (nSPS) is 10.6. The van der Waals surface area contributed by atoms with E-state index in [9.17, 15) is 4.79 Å².